The van der Waals surface area contributed by atoms with Gasteiger partial charge in [-0.15, -0.1) is 0 Å². The molecule has 1 saturated heterocycles. The van der Waals surface area contributed by atoms with E-state index < -0.39 is 0 Å². The van der Waals surface area contributed by atoms with Gasteiger partial charge in [-0.05, 0) is 43.0 Å². The first-order valence-corrected chi connectivity index (χ1v) is 9.13. The Bertz CT molecular complexity index is 821. The van der Waals surface area contributed by atoms with E-state index in [-0.39, 0.29) is 29.5 Å². The van der Waals surface area contributed by atoms with Crippen LogP contribution in [0.5, 0.6) is 0 Å². The maximum absolute atomic E-state index is 13.2. The van der Waals surface area contributed by atoms with Crippen molar-refractivity contribution in [2.45, 2.75) is 32.6 Å². The number of aromatic nitrogens is 2. The first kappa shape index (κ1) is 19.1. The lowest BCUT2D eigenvalue weighted by Crippen LogP contribution is -2.40. The Morgan fingerprint density at radius 3 is 2.37 bits per heavy atom. The van der Waals surface area contributed by atoms with Gasteiger partial charge in [-0.2, -0.15) is 5.10 Å². The Kier molecular flexibility index (Phi) is 5.58. The number of carbonyl (C=O) groups is 2. The molecule has 3 rings (SSSR count). The van der Waals surface area contributed by atoms with Gasteiger partial charge < -0.3 is 9.64 Å². The summed E-state index contributed by atoms with van der Waals surface area (Å²) in [6.45, 7) is 5.02. The van der Waals surface area contributed by atoms with Gasteiger partial charge in [0.25, 0.3) is 5.91 Å². The normalized spacial score (nSPS) is 15.2. The molecule has 1 aromatic heterocycles. The Morgan fingerprint density at radius 1 is 1.19 bits per heavy atom. The molecule has 6 nitrogen and oxygen atoms in total. The van der Waals surface area contributed by atoms with Crippen molar-refractivity contribution < 1.29 is 18.7 Å². The van der Waals surface area contributed by atoms with Gasteiger partial charge in [0.1, 0.15) is 5.82 Å². The van der Waals surface area contributed by atoms with Gasteiger partial charge in [0.05, 0.1) is 36.2 Å². The quantitative estimate of drug-likeness (QED) is 0.773. The molecule has 1 aliphatic heterocycles. The molecule has 0 bridgehead atoms. The number of benzene rings is 1. The number of hydrogen-bond donors (Lipinski definition) is 0. The van der Waals surface area contributed by atoms with Crippen LogP contribution < -0.4 is 0 Å². The molecule has 0 unspecified atom stereocenters. The summed E-state index contributed by atoms with van der Waals surface area (Å²) in [4.78, 5) is 26.5. The fourth-order valence-electron chi connectivity index (χ4n) is 3.52. The molecule has 0 radical (unpaired) electrons. The van der Waals surface area contributed by atoms with E-state index in [1.807, 2.05) is 13.8 Å². The number of hydrogen-bond acceptors (Lipinski definition) is 4. The van der Waals surface area contributed by atoms with E-state index in [4.69, 9.17) is 4.74 Å². The number of halogens is 1. The zero-order chi connectivity index (χ0) is 19.6. The van der Waals surface area contributed by atoms with Crippen LogP contribution in [0.15, 0.2) is 30.5 Å². The maximum Gasteiger partial charge on any atom is 0.308 e. The Labute approximate surface area is 157 Å². The Morgan fingerprint density at radius 2 is 1.81 bits per heavy atom. The average Bonchev–Trinajstić information content (AvgIpc) is 3.13. The van der Waals surface area contributed by atoms with E-state index in [9.17, 15) is 14.0 Å². The van der Waals surface area contributed by atoms with Crippen molar-refractivity contribution in [2.24, 2.45) is 5.92 Å². The summed E-state index contributed by atoms with van der Waals surface area (Å²) < 4.78 is 19.7. The minimum absolute atomic E-state index is 0.0594. The SMILES string of the molecule is COC(=O)C1CCN(C(=O)c2cnn(-c3ccc(F)cc3)c2C(C)C)CC1. The fraction of sp³-hybridized carbons (Fsp3) is 0.450. The van der Waals surface area contributed by atoms with Crippen molar-refractivity contribution in [3.05, 3.63) is 47.5 Å². The van der Waals surface area contributed by atoms with Crippen molar-refractivity contribution in [1.29, 1.82) is 0 Å². The highest BCUT2D eigenvalue weighted by Crippen LogP contribution is 2.26. The van der Waals surface area contributed by atoms with Crippen molar-refractivity contribution in [1.82, 2.24) is 14.7 Å². The van der Waals surface area contributed by atoms with Crippen molar-refractivity contribution in [2.75, 3.05) is 20.2 Å². The lowest BCUT2D eigenvalue weighted by atomic mass is 9.96. The number of likely N-dealkylation sites (tertiary alicyclic amines) is 1. The lowest BCUT2D eigenvalue weighted by molar-refractivity contribution is -0.146. The molecule has 144 valence electrons. The summed E-state index contributed by atoms with van der Waals surface area (Å²) >= 11 is 0. The van der Waals surface area contributed by atoms with Gasteiger partial charge in [-0.25, -0.2) is 9.07 Å². The molecule has 0 spiro atoms. The van der Waals surface area contributed by atoms with Crippen molar-refractivity contribution >= 4 is 11.9 Å². The molecule has 2 heterocycles. The number of carbonyl (C=O) groups excluding carboxylic acids is 2. The smallest absolute Gasteiger partial charge is 0.308 e. The van der Waals surface area contributed by atoms with E-state index in [0.717, 1.165) is 5.69 Å². The molecule has 0 aliphatic carbocycles. The van der Waals surface area contributed by atoms with E-state index in [1.54, 1.807) is 27.9 Å². The molecule has 27 heavy (non-hydrogen) atoms. The number of piperidine rings is 1. The number of amides is 1. The largest absolute Gasteiger partial charge is 0.469 e. The summed E-state index contributed by atoms with van der Waals surface area (Å²) in [5.74, 6) is -0.707. The van der Waals surface area contributed by atoms with Crippen LogP contribution in [-0.4, -0.2) is 46.8 Å². The van der Waals surface area contributed by atoms with Crippen LogP contribution in [0.3, 0.4) is 0 Å². The number of rotatable bonds is 4. The highest BCUT2D eigenvalue weighted by molar-refractivity contribution is 5.95. The third kappa shape index (κ3) is 3.86. The van der Waals surface area contributed by atoms with Crippen LogP contribution in [0.1, 0.15) is 48.7 Å². The Balaban J connectivity index is 1.83. The molecular weight excluding hydrogens is 349 g/mol. The minimum atomic E-state index is -0.318. The molecule has 1 fully saturated rings. The van der Waals surface area contributed by atoms with E-state index in [1.165, 1.54) is 19.2 Å². The highest BCUT2D eigenvalue weighted by Gasteiger charge is 2.31. The molecule has 0 saturated carbocycles. The van der Waals surface area contributed by atoms with E-state index >= 15 is 0 Å². The summed E-state index contributed by atoms with van der Waals surface area (Å²) in [5.41, 5.74) is 2.05. The first-order valence-electron chi connectivity index (χ1n) is 9.13. The molecule has 0 atom stereocenters. The molecule has 1 aromatic carbocycles. The Hall–Kier alpha value is -2.70. The third-order valence-electron chi connectivity index (χ3n) is 4.97. The molecule has 1 amide bonds. The summed E-state index contributed by atoms with van der Waals surface area (Å²) in [6, 6.07) is 6.04. The van der Waals surface area contributed by atoms with Gasteiger partial charge in [0.2, 0.25) is 0 Å². The number of ether oxygens (including phenoxy) is 1. The monoisotopic (exact) mass is 373 g/mol. The van der Waals surface area contributed by atoms with Gasteiger partial charge in [0.15, 0.2) is 0 Å². The first-order chi connectivity index (χ1) is 12.9. The van der Waals surface area contributed by atoms with Crippen LogP contribution in [0.2, 0.25) is 0 Å². The number of esters is 1. The zero-order valence-electron chi connectivity index (χ0n) is 15.8. The molecule has 7 heteroatoms. The van der Waals surface area contributed by atoms with E-state index in [2.05, 4.69) is 5.10 Å². The van der Waals surface area contributed by atoms with Gasteiger partial charge in [-0.1, -0.05) is 13.8 Å². The zero-order valence-corrected chi connectivity index (χ0v) is 15.8. The highest BCUT2D eigenvalue weighted by atomic mass is 19.1. The van der Waals surface area contributed by atoms with Gasteiger partial charge >= 0.3 is 5.97 Å². The van der Waals surface area contributed by atoms with Crippen LogP contribution in [0.25, 0.3) is 5.69 Å². The third-order valence-corrected chi connectivity index (χ3v) is 4.97. The van der Waals surface area contributed by atoms with Gasteiger partial charge in [0, 0.05) is 13.1 Å². The molecule has 2 aromatic rings. The minimum Gasteiger partial charge on any atom is -0.469 e. The van der Waals surface area contributed by atoms with Crippen LogP contribution in [0.4, 0.5) is 4.39 Å². The van der Waals surface area contributed by atoms with Crippen LogP contribution >= 0.6 is 0 Å². The van der Waals surface area contributed by atoms with Crippen LogP contribution in [0, 0.1) is 11.7 Å². The standard InChI is InChI=1S/C20H24FN3O3/c1-13(2)18-17(12-22-24(18)16-6-4-15(21)5-7-16)19(25)23-10-8-14(9-11-23)20(26)27-3/h4-7,12-14H,8-11H2,1-3H3. The van der Waals surface area contributed by atoms with Crippen molar-refractivity contribution in [3.63, 3.8) is 0 Å². The number of methoxy groups -OCH3 is 1. The fourth-order valence-corrected chi connectivity index (χ4v) is 3.52. The maximum atomic E-state index is 13.2. The summed E-state index contributed by atoms with van der Waals surface area (Å²) in [7, 11) is 1.39. The second-order valence-corrected chi connectivity index (χ2v) is 7.08. The molecule has 0 N–H and O–H groups in total. The number of nitrogens with zero attached hydrogens (tertiary/aromatic N) is 3. The second kappa shape index (κ2) is 7.90. The topological polar surface area (TPSA) is 64.4 Å². The van der Waals surface area contributed by atoms with Crippen LogP contribution in [-0.2, 0) is 9.53 Å². The summed E-state index contributed by atoms with van der Waals surface area (Å²) in [5, 5.41) is 4.38. The van der Waals surface area contributed by atoms with E-state index in [0.29, 0.717) is 37.2 Å². The predicted molar refractivity (Wildman–Crippen MR) is 98.3 cm³/mol. The second-order valence-electron chi connectivity index (χ2n) is 7.08. The molecular formula is C20H24FN3O3. The van der Waals surface area contributed by atoms with Crippen molar-refractivity contribution in [3.8, 4) is 5.69 Å². The predicted octanol–water partition coefficient (Wildman–Crippen LogP) is 3.16. The lowest BCUT2D eigenvalue weighted by Gasteiger charge is -2.30. The molecule has 1 aliphatic rings. The average molecular weight is 373 g/mol. The van der Waals surface area contributed by atoms with Gasteiger partial charge in [-0.3, -0.25) is 9.59 Å². The summed E-state index contributed by atoms with van der Waals surface area (Å²) in [6.07, 6.45) is 2.77.